The average Bonchev–Trinajstić information content (AvgIpc) is 2.35. The second-order valence-electron chi connectivity index (χ2n) is 5.73. The lowest BCUT2D eigenvalue weighted by Crippen LogP contribution is -2.26. The molecule has 0 spiro atoms. The van der Waals surface area contributed by atoms with E-state index in [1.54, 1.807) is 0 Å². The van der Waals surface area contributed by atoms with Gasteiger partial charge in [0.25, 0.3) is 0 Å². The smallest absolute Gasteiger partial charge is 0.135 e. The van der Waals surface area contributed by atoms with Crippen molar-refractivity contribution in [1.29, 1.82) is 0 Å². The van der Waals surface area contributed by atoms with Crippen molar-refractivity contribution < 1.29 is 4.79 Å². The number of hydrogen-bond acceptors (Lipinski definition) is 3. The van der Waals surface area contributed by atoms with Gasteiger partial charge in [-0.25, -0.2) is 0 Å². The second kappa shape index (κ2) is 8.15. The third-order valence-electron chi connectivity index (χ3n) is 3.91. The Labute approximate surface area is 111 Å². The van der Waals surface area contributed by atoms with Gasteiger partial charge in [-0.1, -0.05) is 58.8 Å². The van der Waals surface area contributed by atoms with Crippen LogP contribution in [0.4, 0.5) is 0 Å². The highest BCUT2D eigenvalue weighted by Gasteiger charge is 2.19. The fraction of sp³-hybridized carbons (Fsp3) is 0.929. The largest absolute Gasteiger partial charge is 0.299 e. The molecular weight excluding hydrogens is 230 g/mol. The zero-order valence-electron chi connectivity index (χ0n) is 11.2. The molecule has 0 aromatic rings. The Balaban J connectivity index is 2.25. The van der Waals surface area contributed by atoms with E-state index in [2.05, 4.69) is 17.5 Å². The van der Waals surface area contributed by atoms with E-state index in [1.165, 1.54) is 38.5 Å². The summed E-state index contributed by atoms with van der Waals surface area (Å²) in [6, 6.07) is 0.407. The molecule has 0 aliphatic heterocycles. The Hall–Kier alpha value is -0.0200. The summed E-state index contributed by atoms with van der Waals surface area (Å²) in [5, 5.41) is 0. The van der Waals surface area contributed by atoms with E-state index < -0.39 is 0 Å². The first-order chi connectivity index (χ1) is 8.13. The van der Waals surface area contributed by atoms with E-state index in [0.717, 1.165) is 12.3 Å². The van der Waals surface area contributed by atoms with E-state index >= 15 is 0 Å². The molecule has 1 fully saturated rings. The van der Waals surface area contributed by atoms with Crippen molar-refractivity contribution in [2.45, 2.75) is 71.3 Å². The Morgan fingerprint density at radius 2 is 1.94 bits per heavy atom. The molecule has 0 radical (unpaired) electrons. The van der Waals surface area contributed by atoms with Gasteiger partial charge in [0.2, 0.25) is 0 Å². The van der Waals surface area contributed by atoms with Gasteiger partial charge in [0.1, 0.15) is 5.78 Å². The lowest BCUT2D eigenvalue weighted by molar-refractivity contribution is -0.122. The summed E-state index contributed by atoms with van der Waals surface area (Å²) in [7, 11) is 0. The molecule has 0 bridgehead atoms. The van der Waals surface area contributed by atoms with Gasteiger partial charge in [0, 0.05) is 18.4 Å². The van der Waals surface area contributed by atoms with Crippen LogP contribution in [-0.4, -0.2) is 11.8 Å². The first-order valence-electron chi connectivity index (χ1n) is 7.05. The van der Waals surface area contributed by atoms with Crippen molar-refractivity contribution in [3.8, 4) is 0 Å². The highest BCUT2D eigenvalue weighted by molar-refractivity contribution is 7.78. The molecule has 100 valence electrons. The van der Waals surface area contributed by atoms with Crippen molar-refractivity contribution in [1.82, 2.24) is 4.72 Å². The van der Waals surface area contributed by atoms with Crippen LogP contribution in [0.15, 0.2) is 0 Å². The second-order valence-corrected chi connectivity index (χ2v) is 5.98. The molecule has 0 aromatic carbocycles. The van der Waals surface area contributed by atoms with Crippen molar-refractivity contribution in [2.75, 3.05) is 0 Å². The molecule has 0 saturated heterocycles. The van der Waals surface area contributed by atoms with E-state index in [4.69, 9.17) is 0 Å². The molecule has 1 unspecified atom stereocenters. The van der Waals surface area contributed by atoms with Gasteiger partial charge >= 0.3 is 0 Å². The molecule has 1 N–H and O–H groups in total. The van der Waals surface area contributed by atoms with Crippen molar-refractivity contribution in [3.63, 3.8) is 0 Å². The van der Waals surface area contributed by atoms with Crippen molar-refractivity contribution in [3.05, 3.63) is 0 Å². The number of carbonyl (C=O) groups is 1. The van der Waals surface area contributed by atoms with E-state index in [0.29, 0.717) is 18.2 Å². The Morgan fingerprint density at radius 1 is 1.29 bits per heavy atom. The quantitative estimate of drug-likeness (QED) is 0.680. The molecule has 1 aliphatic rings. The SMILES string of the molecule is CC(C)C(=O)CCC(CC1CCCCC1)NS. The summed E-state index contributed by atoms with van der Waals surface area (Å²) >= 11 is 4.21. The standard InChI is InChI=1S/C14H27NOS/c1-11(2)14(16)9-8-13(15-17)10-12-6-4-3-5-7-12/h11-13,15,17H,3-10H2,1-2H3. The Kier molecular flexibility index (Phi) is 7.21. The molecule has 0 heterocycles. The summed E-state index contributed by atoms with van der Waals surface area (Å²) in [5.74, 6) is 1.40. The monoisotopic (exact) mass is 257 g/mol. The highest BCUT2D eigenvalue weighted by atomic mass is 32.1. The highest BCUT2D eigenvalue weighted by Crippen LogP contribution is 2.28. The predicted molar refractivity (Wildman–Crippen MR) is 76.2 cm³/mol. The Morgan fingerprint density at radius 3 is 2.47 bits per heavy atom. The Bertz CT molecular complexity index is 224. The van der Waals surface area contributed by atoms with Gasteiger partial charge in [-0.15, -0.1) is 0 Å². The number of thiol groups is 1. The van der Waals surface area contributed by atoms with Crippen LogP contribution in [0.2, 0.25) is 0 Å². The maximum absolute atomic E-state index is 11.6. The number of nitrogens with one attached hydrogen (secondary N) is 1. The van der Waals surface area contributed by atoms with Gasteiger partial charge < -0.3 is 0 Å². The van der Waals surface area contributed by atoms with Crippen LogP contribution in [0, 0.1) is 11.8 Å². The molecule has 1 aliphatic carbocycles. The number of ketones is 1. The molecule has 1 saturated carbocycles. The van der Waals surface area contributed by atoms with Crippen LogP contribution < -0.4 is 4.72 Å². The van der Waals surface area contributed by atoms with Gasteiger partial charge in [0.05, 0.1) is 0 Å². The number of Topliss-reactive ketones (excluding diaryl/α,β-unsaturated/α-hetero) is 1. The minimum atomic E-state index is 0.172. The van der Waals surface area contributed by atoms with Crippen LogP contribution in [0.25, 0.3) is 0 Å². The predicted octanol–water partition coefficient (Wildman–Crippen LogP) is 3.77. The zero-order valence-corrected chi connectivity index (χ0v) is 12.1. The first-order valence-corrected chi connectivity index (χ1v) is 7.50. The number of carbonyl (C=O) groups excluding carboxylic acids is 1. The third kappa shape index (κ3) is 5.91. The fourth-order valence-electron chi connectivity index (χ4n) is 2.67. The number of rotatable bonds is 7. The molecule has 1 atom stereocenters. The van der Waals surface area contributed by atoms with Crippen molar-refractivity contribution >= 4 is 18.6 Å². The normalized spacial score (nSPS) is 19.5. The number of hydrogen-bond donors (Lipinski definition) is 2. The van der Waals surface area contributed by atoms with Gasteiger partial charge in [-0.3, -0.25) is 9.52 Å². The molecule has 0 aromatic heterocycles. The van der Waals surface area contributed by atoms with E-state index in [-0.39, 0.29) is 5.92 Å². The van der Waals surface area contributed by atoms with E-state index in [1.807, 2.05) is 13.8 Å². The summed E-state index contributed by atoms with van der Waals surface area (Å²) in [4.78, 5) is 11.6. The average molecular weight is 257 g/mol. The van der Waals surface area contributed by atoms with Gasteiger partial charge in [-0.05, 0) is 18.8 Å². The van der Waals surface area contributed by atoms with Crippen LogP contribution in [0.3, 0.4) is 0 Å². The maximum atomic E-state index is 11.6. The topological polar surface area (TPSA) is 29.1 Å². The third-order valence-corrected chi connectivity index (χ3v) is 4.27. The molecule has 2 nitrogen and oxygen atoms in total. The lowest BCUT2D eigenvalue weighted by Gasteiger charge is -2.26. The van der Waals surface area contributed by atoms with Crippen LogP contribution in [0.1, 0.15) is 65.2 Å². The molecular formula is C14H27NOS. The minimum absolute atomic E-state index is 0.172. The molecule has 1 rings (SSSR count). The van der Waals surface area contributed by atoms with E-state index in [9.17, 15) is 4.79 Å². The summed E-state index contributed by atoms with van der Waals surface area (Å²) in [6.07, 6.45) is 9.73. The lowest BCUT2D eigenvalue weighted by atomic mass is 9.84. The first kappa shape index (κ1) is 15.0. The van der Waals surface area contributed by atoms with Crippen molar-refractivity contribution in [2.24, 2.45) is 11.8 Å². The summed E-state index contributed by atoms with van der Waals surface area (Å²) in [5.41, 5.74) is 0. The maximum Gasteiger partial charge on any atom is 0.135 e. The van der Waals surface area contributed by atoms with Crippen LogP contribution >= 0.6 is 12.8 Å². The fourth-order valence-corrected chi connectivity index (χ4v) is 2.90. The summed E-state index contributed by atoms with van der Waals surface area (Å²) in [6.45, 7) is 3.96. The van der Waals surface area contributed by atoms with Crippen LogP contribution in [0.5, 0.6) is 0 Å². The van der Waals surface area contributed by atoms with Gasteiger partial charge in [-0.2, -0.15) is 0 Å². The molecule has 17 heavy (non-hydrogen) atoms. The molecule has 0 amide bonds. The van der Waals surface area contributed by atoms with Gasteiger partial charge in [0.15, 0.2) is 0 Å². The zero-order chi connectivity index (χ0) is 12.7. The minimum Gasteiger partial charge on any atom is -0.299 e. The van der Waals surface area contributed by atoms with Crippen LogP contribution in [-0.2, 0) is 4.79 Å². The molecule has 3 heteroatoms. The summed E-state index contributed by atoms with van der Waals surface area (Å²) < 4.78 is 3.09.